The molecule has 2 aromatic rings. The van der Waals surface area contributed by atoms with E-state index in [4.69, 9.17) is 4.74 Å². The first kappa shape index (κ1) is 16.3. The zero-order valence-electron chi connectivity index (χ0n) is 13.4. The van der Waals surface area contributed by atoms with Crippen molar-refractivity contribution in [3.8, 4) is 5.75 Å². The van der Waals surface area contributed by atoms with Crippen LogP contribution in [0, 0.1) is 6.92 Å². The van der Waals surface area contributed by atoms with Crippen LogP contribution in [-0.4, -0.2) is 28.0 Å². The second kappa shape index (κ2) is 6.16. The number of sulfonamides is 1. The highest BCUT2D eigenvalue weighted by atomic mass is 32.2. The van der Waals surface area contributed by atoms with Crippen molar-refractivity contribution in [1.82, 2.24) is 0 Å². The summed E-state index contributed by atoms with van der Waals surface area (Å²) >= 11 is 0. The Morgan fingerprint density at radius 2 is 1.96 bits per heavy atom. The van der Waals surface area contributed by atoms with Crippen molar-refractivity contribution in [3.63, 3.8) is 0 Å². The molecule has 3 rings (SSSR count). The molecule has 2 aromatic carbocycles. The van der Waals surface area contributed by atoms with Crippen molar-refractivity contribution in [2.75, 3.05) is 23.3 Å². The topological polar surface area (TPSA) is 75.7 Å². The van der Waals surface area contributed by atoms with Crippen molar-refractivity contribution >= 4 is 27.3 Å². The van der Waals surface area contributed by atoms with Crippen molar-refractivity contribution < 1.29 is 17.9 Å². The molecule has 0 unspecified atom stereocenters. The van der Waals surface area contributed by atoms with Gasteiger partial charge in [0.05, 0.1) is 24.2 Å². The number of hydrogen-bond acceptors (Lipinski definition) is 4. The quantitative estimate of drug-likeness (QED) is 0.922. The van der Waals surface area contributed by atoms with Crippen molar-refractivity contribution in [2.24, 2.45) is 0 Å². The lowest BCUT2D eigenvalue weighted by molar-refractivity contribution is -0.115. The van der Waals surface area contributed by atoms with Gasteiger partial charge in [-0.2, -0.15) is 0 Å². The third kappa shape index (κ3) is 3.07. The SMILES string of the molecule is COc1ccc2c(c1)N(S(=O)(=O)Cc1ccccc1C)CC(=O)N2. The number of aryl methyl sites for hydroxylation is 1. The molecule has 1 aliphatic rings. The molecule has 0 aromatic heterocycles. The van der Waals surface area contributed by atoms with Gasteiger partial charge < -0.3 is 10.1 Å². The standard InChI is InChI=1S/C17H18N2O4S/c1-12-5-3-4-6-13(12)11-24(21,22)19-10-17(20)18-15-8-7-14(23-2)9-16(15)19/h3-9H,10-11H2,1-2H3,(H,18,20). The zero-order chi connectivity index (χ0) is 17.3. The van der Waals surface area contributed by atoms with Gasteiger partial charge in [0, 0.05) is 6.07 Å². The highest BCUT2D eigenvalue weighted by molar-refractivity contribution is 7.92. The molecule has 126 valence electrons. The van der Waals surface area contributed by atoms with E-state index >= 15 is 0 Å². The molecule has 6 nitrogen and oxygen atoms in total. The summed E-state index contributed by atoms with van der Waals surface area (Å²) in [6.07, 6.45) is 0. The van der Waals surface area contributed by atoms with Gasteiger partial charge in [-0.05, 0) is 30.2 Å². The van der Waals surface area contributed by atoms with Crippen LogP contribution in [-0.2, 0) is 20.6 Å². The average molecular weight is 346 g/mol. The second-order valence-corrected chi connectivity index (χ2v) is 7.51. The Kier molecular flexibility index (Phi) is 4.19. The maximum Gasteiger partial charge on any atom is 0.245 e. The van der Waals surface area contributed by atoms with E-state index in [9.17, 15) is 13.2 Å². The Balaban J connectivity index is 2.02. The molecule has 0 saturated carbocycles. The molecule has 0 radical (unpaired) electrons. The monoisotopic (exact) mass is 346 g/mol. The largest absolute Gasteiger partial charge is 0.497 e. The van der Waals surface area contributed by atoms with E-state index in [0.29, 0.717) is 22.7 Å². The maximum absolute atomic E-state index is 12.9. The Morgan fingerprint density at radius 3 is 2.67 bits per heavy atom. The number of nitrogens with one attached hydrogen (secondary N) is 1. The summed E-state index contributed by atoms with van der Waals surface area (Å²) in [6, 6.07) is 12.2. The Bertz CT molecular complexity index is 893. The van der Waals surface area contributed by atoms with E-state index in [1.54, 1.807) is 30.3 Å². The van der Waals surface area contributed by atoms with E-state index in [2.05, 4.69) is 5.32 Å². The number of ether oxygens (including phenoxy) is 1. The summed E-state index contributed by atoms with van der Waals surface area (Å²) in [7, 11) is -2.20. The third-order valence-electron chi connectivity index (χ3n) is 3.97. The fourth-order valence-corrected chi connectivity index (χ4v) is 4.29. The molecule has 0 spiro atoms. The predicted molar refractivity (Wildman–Crippen MR) is 92.8 cm³/mol. The van der Waals surface area contributed by atoms with Crippen LogP contribution in [0.4, 0.5) is 11.4 Å². The van der Waals surface area contributed by atoms with Crippen LogP contribution in [0.15, 0.2) is 42.5 Å². The Labute approximate surface area is 141 Å². The van der Waals surface area contributed by atoms with Gasteiger partial charge in [-0.3, -0.25) is 9.10 Å². The minimum Gasteiger partial charge on any atom is -0.497 e. The number of carbonyl (C=O) groups excluding carboxylic acids is 1. The number of carbonyl (C=O) groups is 1. The van der Waals surface area contributed by atoms with Gasteiger partial charge >= 0.3 is 0 Å². The molecule has 1 N–H and O–H groups in total. The minimum absolute atomic E-state index is 0.163. The molecule has 0 atom stereocenters. The van der Waals surface area contributed by atoms with Crippen molar-refractivity contribution in [1.29, 1.82) is 0 Å². The van der Waals surface area contributed by atoms with Gasteiger partial charge in [-0.1, -0.05) is 24.3 Å². The van der Waals surface area contributed by atoms with Crippen LogP contribution in [0.5, 0.6) is 5.75 Å². The zero-order valence-corrected chi connectivity index (χ0v) is 14.3. The van der Waals surface area contributed by atoms with Crippen LogP contribution in [0.3, 0.4) is 0 Å². The van der Waals surface area contributed by atoms with E-state index in [-0.39, 0.29) is 18.2 Å². The lowest BCUT2D eigenvalue weighted by Crippen LogP contribution is -2.42. The summed E-state index contributed by atoms with van der Waals surface area (Å²) < 4.78 is 32.2. The molecule has 1 aliphatic heterocycles. The summed E-state index contributed by atoms with van der Waals surface area (Å²) in [5, 5.41) is 2.69. The number of hydrogen-bond donors (Lipinski definition) is 1. The van der Waals surface area contributed by atoms with Crippen LogP contribution < -0.4 is 14.4 Å². The minimum atomic E-state index is -3.71. The highest BCUT2D eigenvalue weighted by Crippen LogP contribution is 2.35. The summed E-state index contributed by atoms with van der Waals surface area (Å²) in [5.41, 5.74) is 2.49. The highest BCUT2D eigenvalue weighted by Gasteiger charge is 2.32. The average Bonchev–Trinajstić information content (AvgIpc) is 2.55. The number of amides is 1. The number of nitrogens with zero attached hydrogens (tertiary/aromatic N) is 1. The molecule has 1 amide bonds. The summed E-state index contributed by atoms with van der Waals surface area (Å²) in [5.74, 6) is 0.00544. The lowest BCUT2D eigenvalue weighted by atomic mass is 10.1. The van der Waals surface area contributed by atoms with E-state index in [1.807, 2.05) is 19.1 Å². The molecule has 7 heteroatoms. The van der Waals surface area contributed by atoms with Gasteiger partial charge in [-0.15, -0.1) is 0 Å². The van der Waals surface area contributed by atoms with Crippen molar-refractivity contribution in [2.45, 2.75) is 12.7 Å². The van der Waals surface area contributed by atoms with Crippen LogP contribution in [0.1, 0.15) is 11.1 Å². The first-order chi connectivity index (χ1) is 11.4. The maximum atomic E-state index is 12.9. The van der Waals surface area contributed by atoms with Crippen molar-refractivity contribution in [3.05, 3.63) is 53.6 Å². The number of benzene rings is 2. The molecular formula is C17H18N2O4S. The first-order valence-electron chi connectivity index (χ1n) is 7.43. The number of methoxy groups -OCH3 is 1. The van der Waals surface area contributed by atoms with Crippen LogP contribution in [0.2, 0.25) is 0 Å². The predicted octanol–water partition coefficient (Wildman–Crippen LogP) is 2.29. The summed E-state index contributed by atoms with van der Waals surface area (Å²) in [4.78, 5) is 11.9. The third-order valence-corrected chi connectivity index (χ3v) is 5.64. The second-order valence-electron chi connectivity index (χ2n) is 5.62. The number of fused-ring (bicyclic) bond motifs is 1. The fraction of sp³-hybridized carbons (Fsp3) is 0.235. The van der Waals surface area contributed by atoms with Gasteiger partial charge in [0.2, 0.25) is 15.9 Å². The van der Waals surface area contributed by atoms with Gasteiger partial charge in [-0.25, -0.2) is 8.42 Å². The Hall–Kier alpha value is -2.54. The van der Waals surface area contributed by atoms with Gasteiger partial charge in [0.1, 0.15) is 12.3 Å². The normalized spacial score (nSPS) is 14.1. The van der Waals surface area contributed by atoms with Gasteiger partial charge in [0.15, 0.2) is 0 Å². The smallest absolute Gasteiger partial charge is 0.245 e. The molecule has 24 heavy (non-hydrogen) atoms. The van der Waals surface area contributed by atoms with E-state index in [0.717, 1.165) is 9.87 Å². The molecular weight excluding hydrogens is 328 g/mol. The van der Waals surface area contributed by atoms with Gasteiger partial charge in [0.25, 0.3) is 0 Å². The molecule has 0 saturated heterocycles. The number of rotatable bonds is 4. The molecule has 0 aliphatic carbocycles. The fourth-order valence-electron chi connectivity index (χ4n) is 2.65. The first-order valence-corrected chi connectivity index (χ1v) is 9.04. The molecule has 0 fully saturated rings. The van der Waals surface area contributed by atoms with E-state index in [1.165, 1.54) is 7.11 Å². The molecule has 1 heterocycles. The Morgan fingerprint density at radius 1 is 1.21 bits per heavy atom. The lowest BCUT2D eigenvalue weighted by Gasteiger charge is -2.30. The van der Waals surface area contributed by atoms with E-state index < -0.39 is 10.0 Å². The molecule has 0 bridgehead atoms. The van der Waals surface area contributed by atoms with Crippen LogP contribution in [0.25, 0.3) is 0 Å². The number of anilines is 2. The van der Waals surface area contributed by atoms with Crippen LogP contribution >= 0.6 is 0 Å². The summed E-state index contributed by atoms with van der Waals surface area (Å²) in [6.45, 7) is 1.62.